The third-order valence-electron chi connectivity index (χ3n) is 3.66. The number of nitrogens with zero attached hydrogens (tertiary/aromatic N) is 5. The van der Waals surface area contributed by atoms with Crippen LogP contribution in [0.5, 0.6) is 6.01 Å². The van der Waals surface area contributed by atoms with Gasteiger partial charge in [-0.2, -0.15) is 15.0 Å². The van der Waals surface area contributed by atoms with Crippen molar-refractivity contribution in [1.29, 1.82) is 0 Å². The lowest BCUT2D eigenvalue weighted by molar-refractivity contribution is 0.120. The average molecular weight is 294 g/mol. The van der Waals surface area contributed by atoms with Crippen LogP contribution in [-0.4, -0.2) is 66.7 Å². The van der Waals surface area contributed by atoms with Crippen LogP contribution in [0.3, 0.4) is 0 Å². The van der Waals surface area contributed by atoms with Crippen LogP contribution >= 0.6 is 0 Å². The lowest BCUT2D eigenvalue weighted by Gasteiger charge is -2.31. The van der Waals surface area contributed by atoms with Crippen LogP contribution in [0.15, 0.2) is 0 Å². The smallest absolute Gasteiger partial charge is 0.323 e. The molecule has 0 spiro atoms. The number of likely N-dealkylation sites (N-methyl/N-ethyl adjacent to an activating group) is 1. The van der Waals surface area contributed by atoms with Crippen LogP contribution in [0.25, 0.3) is 0 Å². The molecule has 1 aromatic heterocycles. The maximum absolute atomic E-state index is 5.82. The lowest BCUT2D eigenvalue weighted by atomic mass is 10.0. The van der Waals surface area contributed by atoms with E-state index >= 15 is 0 Å². The molecule has 0 saturated carbocycles. The van der Waals surface area contributed by atoms with Crippen LogP contribution in [0.2, 0.25) is 0 Å². The summed E-state index contributed by atoms with van der Waals surface area (Å²) in [5.41, 5.74) is 0. The van der Waals surface area contributed by atoms with E-state index in [0.29, 0.717) is 30.6 Å². The van der Waals surface area contributed by atoms with Crippen molar-refractivity contribution in [3.8, 4) is 6.01 Å². The van der Waals surface area contributed by atoms with Gasteiger partial charge in [0.15, 0.2) is 0 Å². The molecule has 1 aliphatic heterocycles. The van der Waals surface area contributed by atoms with Crippen molar-refractivity contribution in [2.45, 2.75) is 32.2 Å². The molecule has 1 saturated heterocycles. The van der Waals surface area contributed by atoms with Crippen LogP contribution in [0.4, 0.5) is 11.9 Å². The van der Waals surface area contributed by atoms with Gasteiger partial charge >= 0.3 is 6.01 Å². The molecule has 1 N–H and O–H groups in total. The van der Waals surface area contributed by atoms with Crippen molar-refractivity contribution in [3.05, 3.63) is 0 Å². The summed E-state index contributed by atoms with van der Waals surface area (Å²) in [5, 5.41) is 3.11. The number of anilines is 2. The molecule has 1 aliphatic rings. The van der Waals surface area contributed by atoms with E-state index in [1.807, 2.05) is 25.9 Å². The summed E-state index contributed by atoms with van der Waals surface area (Å²) in [7, 11) is 5.96. The van der Waals surface area contributed by atoms with E-state index in [9.17, 15) is 0 Å². The van der Waals surface area contributed by atoms with Gasteiger partial charge in [0.25, 0.3) is 0 Å². The summed E-state index contributed by atoms with van der Waals surface area (Å²) in [4.78, 5) is 17.2. The highest BCUT2D eigenvalue weighted by molar-refractivity contribution is 5.36. The fraction of sp³-hybridized carbons (Fsp3) is 0.786. The first-order valence-electron chi connectivity index (χ1n) is 7.60. The fourth-order valence-electron chi connectivity index (χ4n) is 2.37. The normalized spacial score (nSPS) is 19.3. The Kier molecular flexibility index (Phi) is 5.55. The van der Waals surface area contributed by atoms with Gasteiger partial charge in [0.05, 0.1) is 0 Å². The summed E-state index contributed by atoms with van der Waals surface area (Å²) in [5.74, 6) is 1.16. The minimum atomic E-state index is 0.392. The van der Waals surface area contributed by atoms with Gasteiger partial charge in [0, 0.05) is 26.7 Å². The van der Waals surface area contributed by atoms with E-state index in [2.05, 4.69) is 32.2 Å². The van der Waals surface area contributed by atoms with Crippen LogP contribution in [0, 0.1) is 0 Å². The molecular weight excluding hydrogens is 268 g/mol. The number of likely N-dealkylation sites (tertiary alicyclic amines) is 1. The van der Waals surface area contributed by atoms with Crippen molar-refractivity contribution < 1.29 is 4.74 Å². The molecule has 7 heteroatoms. The van der Waals surface area contributed by atoms with E-state index < -0.39 is 0 Å². The van der Waals surface area contributed by atoms with Crippen molar-refractivity contribution in [2.24, 2.45) is 0 Å². The summed E-state index contributed by atoms with van der Waals surface area (Å²) in [6.45, 7) is 4.54. The molecule has 0 aliphatic carbocycles. The molecule has 2 heterocycles. The minimum Gasteiger partial charge on any atom is -0.462 e. The molecule has 0 radical (unpaired) electrons. The van der Waals surface area contributed by atoms with Crippen LogP contribution in [-0.2, 0) is 0 Å². The predicted molar refractivity (Wildman–Crippen MR) is 84.1 cm³/mol. The lowest BCUT2D eigenvalue weighted by Crippen LogP contribution is -2.40. The standard InChI is InChI=1S/C14H26N6O/c1-5-15-12-16-13(19(2)3)18-14(17-12)21-10-11-8-6-7-9-20(11)4/h11H,5-10H2,1-4H3,(H,15,16,17,18). The van der Waals surface area contributed by atoms with Gasteiger partial charge in [0.1, 0.15) is 6.61 Å². The van der Waals surface area contributed by atoms with Crippen molar-refractivity contribution >= 4 is 11.9 Å². The number of piperidine rings is 1. The summed E-state index contributed by atoms with van der Waals surface area (Å²) in [6, 6.07) is 0.838. The molecule has 1 atom stereocenters. The number of hydrogen-bond acceptors (Lipinski definition) is 7. The molecular formula is C14H26N6O. The minimum absolute atomic E-state index is 0.392. The first kappa shape index (κ1) is 15.8. The van der Waals surface area contributed by atoms with Gasteiger partial charge in [-0.1, -0.05) is 6.42 Å². The molecule has 1 fully saturated rings. The molecule has 118 valence electrons. The third-order valence-corrected chi connectivity index (χ3v) is 3.66. The fourth-order valence-corrected chi connectivity index (χ4v) is 2.37. The van der Waals surface area contributed by atoms with E-state index in [-0.39, 0.29) is 0 Å². The van der Waals surface area contributed by atoms with Crippen LogP contribution in [0.1, 0.15) is 26.2 Å². The number of nitrogens with one attached hydrogen (secondary N) is 1. The Morgan fingerprint density at radius 1 is 1.29 bits per heavy atom. The number of rotatable bonds is 6. The molecule has 0 aromatic carbocycles. The monoisotopic (exact) mass is 294 g/mol. The van der Waals surface area contributed by atoms with Crippen molar-refractivity contribution in [2.75, 3.05) is 51.1 Å². The second kappa shape index (κ2) is 7.40. The zero-order valence-electron chi connectivity index (χ0n) is 13.5. The SMILES string of the molecule is CCNc1nc(OCC2CCCCN2C)nc(N(C)C)n1. The first-order valence-corrected chi connectivity index (χ1v) is 7.60. The third kappa shape index (κ3) is 4.42. The van der Waals surface area contributed by atoms with Gasteiger partial charge in [-0.05, 0) is 33.4 Å². The number of ether oxygens (including phenoxy) is 1. The summed E-state index contributed by atoms with van der Waals surface area (Å²) >= 11 is 0. The molecule has 2 rings (SSSR count). The molecule has 0 amide bonds. The number of hydrogen-bond donors (Lipinski definition) is 1. The van der Waals surface area contributed by atoms with Crippen LogP contribution < -0.4 is 15.0 Å². The largest absolute Gasteiger partial charge is 0.462 e. The summed E-state index contributed by atoms with van der Waals surface area (Å²) < 4.78 is 5.82. The summed E-state index contributed by atoms with van der Waals surface area (Å²) in [6.07, 6.45) is 3.71. The highest BCUT2D eigenvalue weighted by Crippen LogP contribution is 2.17. The maximum Gasteiger partial charge on any atom is 0.323 e. The highest BCUT2D eigenvalue weighted by atomic mass is 16.5. The Hall–Kier alpha value is -1.63. The molecule has 1 unspecified atom stereocenters. The number of aromatic nitrogens is 3. The Morgan fingerprint density at radius 2 is 2.10 bits per heavy atom. The Balaban J connectivity index is 2.04. The van der Waals surface area contributed by atoms with E-state index in [1.54, 1.807) is 0 Å². The highest BCUT2D eigenvalue weighted by Gasteiger charge is 2.20. The van der Waals surface area contributed by atoms with E-state index in [4.69, 9.17) is 4.74 Å². The van der Waals surface area contributed by atoms with Gasteiger partial charge in [-0.25, -0.2) is 0 Å². The quantitative estimate of drug-likeness (QED) is 0.846. The van der Waals surface area contributed by atoms with Gasteiger partial charge in [-0.3, -0.25) is 0 Å². The molecule has 7 nitrogen and oxygen atoms in total. The Labute approximate surface area is 126 Å². The zero-order valence-corrected chi connectivity index (χ0v) is 13.5. The maximum atomic E-state index is 5.82. The second-order valence-corrected chi connectivity index (χ2v) is 5.61. The van der Waals surface area contributed by atoms with Gasteiger partial charge < -0.3 is 19.9 Å². The van der Waals surface area contributed by atoms with Gasteiger partial charge in [0.2, 0.25) is 11.9 Å². The first-order chi connectivity index (χ1) is 10.1. The van der Waals surface area contributed by atoms with E-state index in [1.165, 1.54) is 19.3 Å². The Bertz CT molecular complexity index is 453. The topological polar surface area (TPSA) is 66.4 Å². The van der Waals surface area contributed by atoms with Gasteiger partial charge in [-0.15, -0.1) is 0 Å². The zero-order chi connectivity index (χ0) is 15.2. The second-order valence-electron chi connectivity index (χ2n) is 5.61. The predicted octanol–water partition coefficient (Wildman–Crippen LogP) is 1.23. The van der Waals surface area contributed by atoms with Crippen molar-refractivity contribution in [3.63, 3.8) is 0 Å². The Morgan fingerprint density at radius 3 is 2.76 bits per heavy atom. The van der Waals surface area contributed by atoms with E-state index in [0.717, 1.165) is 13.1 Å². The van der Waals surface area contributed by atoms with Crippen molar-refractivity contribution in [1.82, 2.24) is 19.9 Å². The molecule has 21 heavy (non-hydrogen) atoms. The average Bonchev–Trinajstić information content (AvgIpc) is 2.46. The molecule has 1 aromatic rings. The molecule has 0 bridgehead atoms.